The molecule has 1 unspecified atom stereocenters. The van der Waals surface area contributed by atoms with E-state index in [-0.39, 0.29) is 28.6 Å². The number of aromatic nitrogens is 2. The minimum Gasteiger partial charge on any atom is -0.365 e. The van der Waals surface area contributed by atoms with E-state index in [1.54, 1.807) is 9.58 Å². The summed E-state index contributed by atoms with van der Waals surface area (Å²) in [6.45, 7) is 6.82. The lowest BCUT2D eigenvalue weighted by molar-refractivity contribution is -0.120. The van der Waals surface area contributed by atoms with Crippen LogP contribution in [0.1, 0.15) is 42.9 Å². The molecule has 0 aliphatic carbocycles. The zero-order valence-electron chi connectivity index (χ0n) is 14.8. The van der Waals surface area contributed by atoms with Crippen LogP contribution < -0.4 is 5.73 Å². The van der Waals surface area contributed by atoms with Crippen molar-refractivity contribution in [3.05, 3.63) is 40.3 Å². The van der Waals surface area contributed by atoms with Gasteiger partial charge in [-0.15, -0.1) is 0 Å². The van der Waals surface area contributed by atoms with Gasteiger partial charge in [-0.2, -0.15) is 5.10 Å². The molecular weight excluding hydrogens is 359 g/mol. The second kappa shape index (κ2) is 6.39. The standard InChI is InChI=1S/C18H20ClFN4O2/c1-18(2,3)14-8-23(9-25)7-13-15(17(21)26)16(22-24(13)14)10-4-5-12(20)11(19)6-10/h4-6,9,14H,7-8H2,1-3H3,(H2,21,26). The second-order valence-corrected chi connectivity index (χ2v) is 7.93. The minimum atomic E-state index is -0.651. The first-order chi connectivity index (χ1) is 12.1. The van der Waals surface area contributed by atoms with Gasteiger partial charge in [-0.05, 0) is 23.6 Å². The first-order valence-corrected chi connectivity index (χ1v) is 8.57. The van der Waals surface area contributed by atoms with Gasteiger partial charge in [0.2, 0.25) is 6.41 Å². The van der Waals surface area contributed by atoms with Crippen LogP contribution in [-0.2, 0) is 11.3 Å². The van der Waals surface area contributed by atoms with E-state index in [4.69, 9.17) is 17.3 Å². The highest BCUT2D eigenvalue weighted by Crippen LogP contribution is 2.39. The van der Waals surface area contributed by atoms with Crippen molar-refractivity contribution in [2.45, 2.75) is 33.4 Å². The Balaban J connectivity index is 2.25. The van der Waals surface area contributed by atoms with E-state index in [1.165, 1.54) is 18.2 Å². The molecule has 0 spiro atoms. The number of carbonyl (C=O) groups excluding carboxylic acids is 2. The molecule has 2 amide bonds. The summed E-state index contributed by atoms with van der Waals surface area (Å²) < 4.78 is 15.3. The Bertz CT molecular complexity index is 888. The summed E-state index contributed by atoms with van der Waals surface area (Å²) in [4.78, 5) is 25.2. The number of primary amides is 1. The van der Waals surface area contributed by atoms with Crippen molar-refractivity contribution in [1.82, 2.24) is 14.7 Å². The molecule has 3 rings (SSSR count). The van der Waals surface area contributed by atoms with E-state index in [0.717, 1.165) is 6.41 Å². The molecule has 2 N–H and O–H groups in total. The summed E-state index contributed by atoms with van der Waals surface area (Å²) in [5.41, 5.74) is 7.06. The summed E-state index contributed by atoms with van der Waals surface area (Å²) in [5, 5.41) is 4.56. The molecule has 2 aromatic rings. The van der Waals surface area contributed by atoms with Gasteiger partial charge < -0.3 is 10.6 Å². The highest BCUT2D eigenvalue weighted by atomic mass is 35.5. The zero-order chi connectivity index (χ0) is 19.2. The first kappa shape index (κ1) is 18.4. The lowest BCUT2D eigenvalue weighted by Crippen LogP contribution is -2.42. The maximum absolute atomic E-state index is 13.5. The molecule has 138 valence electrons. The molecule has 1 aliphatic heterocycles. The van der Waals surface area contributed by atoms with Crippen LogP contribution in [0.3, 0.4) is 0 Å². The third-order valence-electron chi connectivity index (χ3n) is 4.65. The number of benzene rings is 1. The average molecular weight is 379 g/mol. The SMILES string of the molecule is CC(C)(C)C1CN(C=O)Cc2c(C(N)=O)c(-c3ccc(F)c(Cl)c3)nn21. The monoisotopic (exact) mass is 378 g/mol. The average Bonchev–Trinajstić information content (AvgIpc) is 2.94. The predicted octanol–water partition coefficient (Wildman–Crippen LogP) is 3.00. The van der Waals surface area contributed by atoms with Crippen molar-refractivity contribution in [3.8, 4) is 11.3 Å². The third kappa shape index (κ3) is 3.07. The van der Waals surface area contributed by atoms with Crippen molar-refractivity contribution in [2.75, 3.05) is 6.54 Å². The number of halogens is 2. The van der Waals surface area contributed by atoms with Crippen LogP contribution in [-0.4, -0.2) is 33.5 Å². The topological polar surface area (TPSA) is 81.2 Å². The fourth-order valence-corrected chi connectivity index (χ4v) is 3.44. The van der Waals surface area contributed by atoms with Crippen molar-refractivity contribution in [3.63, 3.8) is 0 Å². The number of nitrogens with two attached hydrogens (primary N) is 1. The molecule has 26 heavy (non-hydrogen) atoms. The van der Waals surface area contributed by atoms with E-state index < -0.39 is 11.7 Å². The molecule has 0 saturated heterocycles. The predicted molar refractivity (Wildman–Crippen MR) is 96.1 cm³/mol. The Hall–Kier alpha value is -2.41. The molecule has 1 aromatic heterocycles. The van der Waals surface area contributed by atoms with Gasteiger partial charge in [0.05, 0.1) is 28.9 Å². The Kier molecular flexibility index (Phi) is 4.52. The summed E-state index contributed by atoms with van der Waals surface area (Å²) in [6.07, 6.45) is 0.758. The largest absolute Gasteiger partial charge is 0.365 e. The summed E-state index contributed by atoms with van der Waals surface area (Å²) in [7, 11) is 0. The van der Waals surface area contributed by atoms with Crippen molar-refractivity contribution in [2.24, 2.45) is 11.1 Å². The Morgan fingerprint density at radius 2 is 2.12 bits per heavy atom. The maximum Gasteiger partial charge on any atom is 0.252 e. The lowest BCUT2D eigenvalue weighted by Gasteiger charge is -2.39. The van der Waals surface area contributed by atoms with Gasteiger partial charge in [0.25, 0.3) is 5.91 Å². The molecule has 0 fully saturated rings. The molecule has 0 bridgehead atoms. The Morgan fingerprint density at radius 1 is 1.42 bits per heavy atom. The van der Waals surface area contributed by atoms with E-state index in [9.17, 15) is 14.0 Å². The van der Waals surface area contributed by atoms with Gasteiger partial charge >= 0.3 is 0 Å². The summed E-state index contributed by atoms with van der Waals surface area (Å²) >= 11 is 5.89. The molecule has 1 aliphatic rings. The highest BCUT2D eigenvalue weighted by Gasteiger charge is 2.37. The van der Waals surface area contributed by atoms with Crippen LogP contribution in [0.25, 0.3) is 11.3 Å². The number of hydrogen-bond acceptors (Lipinski definition) is 3. The van der Waals surface area contributed by atoms with Crippen molar-refractivity contribution < 1.29 is 14.0 Å². The van der Waals surface area contributed by atoms with Crippen LogP contribution in [0, 0.1) is 11.2 Å². The fraction of sp³-hybridized carbons (Fsp3) is 0.389. The van der Waals surface area contributed by atoms with Gasteiger partial charge in [-0.1, -0.05) is 32.4 Å². The molecule has 1 atom stereocenters. The molecule has 0 radical (unpaired) electrons. The van der Waals surface area contributed by atoms with Crippen LogP contribution in [0.15, 0.2) is 18.2 Å². The van der Waals surface area contributed by atoms with Crippen LogP contribution >= 0.6 is 11.6 Å². The summed E-state index contributed by atoms with van der Waals surface area (Å²) in [6, 6.07) is 4.01. The van der Waals surface area contributed by atoms with Crippen LogP contribution in [0.4, 0.5) is 4.39 Å². The van der Waals surface area contributed by atoms with Crippen LogP contribution in [0.5, 0.6) is 0 Å². The Labute approximate surface area is 155 Å². The van der Waals surface area contributed by atoms with Crippen molar-refractivity contribution >= 4 is 23.9 Å². The molecule has 8 heteroatoms. The van der Waals surface area contributed by atoms with Crippen LogP contribution in [0.2, 0.25) is 5.02 Å². The van der Waals surface area contributed by atoms with Gasteiger partial charge in [0, 0.05) is 12.1 Å². The smallest absolute Gasteiger partial charge is 0.252 e. The number of amides is 2. The van der Waals surface area contributed by atoms with Gasteiger partial charge in [-0.25, -0.2) is 4.39 Å². The second-order valence-electron chi connectivity index (χ2n) is 7.52. The highest BCUT2D eigenvalue weighted by molar-refractivity contribution is 6.31. The molecule has 6 nitrogen and oxygen atoms in total. The fourth-order valence-electron chi connectivity index (χ4n) is 3.26. The van der Waals surface area contributed by atoms with Gasteiger partial charge in [-0.3, -0.25) is 14.3 Å². The van der Waals surface area contributed by atoms with Crippen molar-refractivity contribution in [1.29, 1.82) is 0 Å². The quantitative estimate of drug-likeness (QED) is 0.833. The van der Waals surface area contributed by atoms with Gasteiger partial charge in [0.1, 0.15) is 11.5 Å². The number of rotatable bonds is 3. The molecule has 0 saturated carbocycles. The lowest BCUT2D eigenvalue weighted by atomic mass is 9.85. The van der Waals surface area contributed by atoms with Gasteiger partial charge in [0.15, 0.2) is 0 Å². The Morgan fingerprint density at radius 3 is 2.65 bits per heavy atom. The normalized spacial score (nSPS) is 17.1. The van der Waals surface area contributed by atoms with E-state index in [1.807, 2.05) is 20.8 Å². The first-order valence-electron chi connectivity index (χ1n) is 8.19. The number of hydrogen-bond donors (Lipinski definition) is 1. The number of carbonyl (C=O) groups is 2. The zero-order valence-corrected chi connectivity index (χ0v) is 15.5. The minimum absolute atomic E-state index is 0.0641. The van der Waals surface area contributed by atoms with E-state index in [2.05, 4.69) is 5.10 Å². The molecular formula is C18H20ClFN4O2. The summed E-state index contributed by atoms with van der Waals surface area (Å²) in [5.74, 6) is -1.21. The molecule has 2 heterocycles. The third-order valence-corrected chi connectivity index (χ3v) is 4.94. The van der Waals surface area contributed by atoms with E-state index in [0.29, 0.717) is 23.5 Å². The molecule has 1 aromatic carbocycles. The number of fused-ring (bicyclic) bond motifs is 1. The number of nitrogens with zero attached hydrogens (tertiary/aromatic N) is 3. The maximum atomic E-state index is 13.5. The van der Waals surface area contributed by atoms with E-state index >= 15 is 0 Å².